The Balaban J connectivity index is 1.21. The first-order valence-corrected chi connectivity index (χ1v) is 10.8. The zero-order valence-corrected chi connectivity index (χ0v) is 16.2. The van der Waals surface area contributed by atoms with E-state index in [-0.39, 0.29) is 6.29 Å². The zero-order chi connectivity index (χ0) is 17.8. The molecule has 2 heteroatoms. The van der Waals surface area contributed by atoms with Gasteiger partial charge in [-0.25, -0.2) is 0 Å². The topological polar surface area (TPSA) is 18.5 Å². The van der Waals surface area contributed by atoms with Crippen molar-refractivity contribution in [1.29, 1.82) is 0 Å². The Morgan fingerprint density at radius 2 is 1.31 bits per heavy atom. The molecule has 0 N–H and O–H groups in total. The maximum Gasteiger partial charge on any atom is 0.177 e. The number of hydrogen-bond acceptors (Lipinski definition) is 2. The van der Waals surface area contributed by atoms with Gasteiger partial charge in [-0.1, -0.05) is 35.9 Å². The fraction of sp³-hybridized carbons (Fsp3) is 0.667. The Bertz CT molecular complexity index is 569. The van der Waals surface area contributed by atoms with E-state index in [1.54, 1.807) is 5.56 Å². The van der Waals surface area contributed by atoms with E-state index in [0.717, 1.165) is 36.9 Å². The van der Waals surface area contributed by atoms with E-state index in [9.17, 15) is 0 Å². The van der Waals surface area contributed by atoms with Crippen LogP contribution in [0.5, 0.6) is 0 Å². The molecule has 1 aromatic carbocycles. The highest BCUT2D eigenvalue weighted by atomic mass is 16.7. The molecule has 2 aliphatic carbocycles. The highest BCUT2D eigenvalue weighted by Crippen LogP contribution is 2.44. The summed E-state index contributed by atoms with van der Waals surface area (Å²) in [5, 5.41) is 0. The molecule has 3 fully saturated rings. The second-order valence-corrected chi connectivity index (χ2v) is 8.69. The first kappa shape index (κ1) is 18.3. The van der Waals surface area contributed by atoms with Gasteiger partial charge in [0.15, 0.2) is 6.29 Å². The van der Waals surface area contributed by atoms with Gasteiger partial charge in [0.1, 0.15) is 0 Å². The third-order valence-corrected chi connectivity index (χ3v) is 6.99. The first-order valence-electron chi connectivity index (χ1n) is 10.8. The van der Waals surface area contributed by atoms with Crippen molar-refractivity contribution in [3.63, 3.8) is 0 Å². The summed E-state index contributed by atoms with van der Waals surface area (Å²) in [7, 11) is 0. The smallest absolute Gasteiger partial charge is 0.177 e. The van der Waals surface area contributed by atoms with E-state index in [4.69, 9.17) is 9.47 Å². The van der Waals surface area contributed by atoms with Crippen LogP contribution in [0.15, 0.2) is 36.4 Å². The Hall–Kier alpha value is -1.12. The standard InChI is InChI=1S/C24H34O2/c1-18-2-7-20(8-3-18)22-11-13-23(14-12-22)21-9-4-19(5-10-21)6-15-24-25-16-17-26-24/h2-3,6-8,15,19,21-24H,4-5,9-14,16-17H2,1H3/b15-6+. The second-order valence-electron chi connectivity index (χ2n) is 8.69. The third-order valence-electron chi connectivity index (χ3n) is 6.99. The summed E-state index contributed by atoms with van der Waals surface area (Å²) in [6.45, 7) is 3.67. The second kappa shape index (κ2) is 8.71. The molecular weight excluding hydrogens is 320 g/mol. The molecule has 4 rings (SSSR count). The quantitative estimate of drug-likeness (QED) is 0.617. The molecule has 3 aliphatic rings. The Morgan fingerprint density at radius 1 is 0.731 bits per heavy atom. The van der Waals surface area contributed by atoms with Crippen LogP contribution < -0.4 is 0 Å². The van der Waals surface area contributed by atoms with Crippen molar-refractivity contribution in [3.8, 4) is 0 Å². The Labute approximate surface area is 159 Å². The number of rotatable bonds is 4. The van der Waals surface area contributed by atoms with Gasteiger partial charge < -0.3 is 9.47 Å². The van der Waals surface area contributed by atoms with Crippen LogP contribution in [-0.4, -0.2) is 19.5 Å². The van der Waals surface area contributed by atoms with Gasteiger partial charge in [-0.2, -0.15) is 0 Å². The SMILES string of the molecule is Cc1ccc(C2CCC(C3CCC(/C=C/C4OCCO4)CC3)CC2)cc1. The summed E-state index contributed by atoms with van der Waals surface area (Å²) in [4.78, 5) is 0. The molecule has 2 nitrogen and oxygen atoms in total. The minimum absolute atomic E-state index is 0.0789. The Morgan fingerprint density at radius 3 is 1.92 bits per heavy atom. The molecule has 1 aliphatic heterocycles. The maximum absolute atomic E-state index is 5.50. The predicted molar refractivity (Wildman–Crippen MR) is 106 cm³/mol. The molecule has 2 saturated carbocycles. The summed E-state index contributed by atoms with van der Waals surface area (Å²) >= 11 is 0. The van der Waals surface area contributed by atoms with Crippen molar-refractivity contribution >= 4 is 0 Å². The van der Waals surface area contributed by atoms with Crippen molar-refractivity contribution in [2.75, 3.05) is 13.2 Å². The maximum atomic E-state index is 5.50. The van der Waals surface area contributed by atoms with Gasteiger partial charge in [0.25, 0.3) is 0 Å². The van der Waals surface area contributed by atoms with Crippen LogP contribution in [0.2, 0.25) is 0 Å². The summed E-state index contributed by atoms with van der Waals surface area (Å²) < 4.78 is 11.0. The average Bonchev–Trinajstić information content (AvgIpc) is 3.21. The van der Waals surface area contributed by atoms with Crippen LogP contribution in [0.4, 0.5) is 0 Å². The van der Waals surface area contributed by atoms with Crippen LogP contribution in [-0.2, 0) is 9.47 Å². The number of aryl methyl sites for hydroxylation is 1. The van der Waals surface area contributed by atoms with E-state index in [1.165, 1.54) is 56.9 Å². The molecule has 142 valence electrons. The van der Waals surface area contributed by atoms with Gasteiger partial charge >= 0.3 is 0 Å². The van der Waals surface area contributed by atoms with Gasteiger partial charge in [0, 0.05) is 0 Å². The molecule has 0 bridgehead atoms. The lowest BCUT2D eigenvalue weighted by atomic mass is 9.68. The van der Waals surface area contributed by atoms with Crippen molar-refractivity contribution in [2.24, 2.45) is 17.8 Å². The first-order chi connectivity index (χ1) is 12.8. The lowest BCUT2D eigenvalue weighted by Crippen LogP contribution is -2.25. The van der Waals surface area contributed by atoms with Crippen LogP contribution in [0.1, 0.15) is 68.4 Å². The lowest BCUT2D eigenvalue weighted by Gasteiger charge is -2.37. The molecule has 0 spiro atoms. The van der Waals surface area contributed by atoms with Crippen molar-refractivity contribution in [1.82, 2.24) is 0 Å². The van der Waals surface area contributed by atoms with Gasteiger partial charge in [0.05, 0.1) is 13.2 Å². The lowest BCUT2D eigenvalue weighted by molar-refractivity contribution is -0.00208. The molecule has 0 unspecified atom stereocenters. The third kappa shape index (κ3) is 4.58. The molecule has 0 aromatic heterocycles. The molecular formula is C24H34O2. The summed E-state index contributed by atoms with van der Waals surface area (Å²) in [6.07, 6.45) is 15.6. The number of ether oxygens (including phenoxy) is 2. The normalized spacial score (nSPS) is 33.7. The molecule has 0 radical (unpaired) electrons. The molecule has 0 amide bonds. The summed E-state index contributed by atoms with van der Waals surface area (Å²) in [5.74, 6) is 3.49. The van der Waals surface area contributed by atoms with E-state index in [1.807, 2.05) is 0 Å². The van der Waals surface area contributed by atoms with E-state index >= 15 is 0 Å². The van der Waals surface area contributed by atoms with Crippen molar-refractivity contribution in [3.05, 3.63) is 47.5 Å². The number of benzene rings is 1. The van der Waals surface area contributed by atoms with E-state index in [2.05, 4.69) is 43.3 Å². The average molecular weight is 355 g/mol. The fourth-order valence-electron chi connectivity index (χ4n) is 5.31. The summed E-state index contributed by atoms with van der Waals surface area (Å²) in [5.41, 5.74) is 2.94. The highest BCUT2D eigenvalue weighted by molar-refractivity contribution is 5.24. The van der Waals surface area contributed by atoms with Gasteiger partial charge in [0.2, 0.25) is 0 Å². The van der Waals surface area contributed by atoms with Crippen LogP contribution in [0.3, 0.4) is 0 Å². The number of hydrogen-bond donors (Lipinski definition) is 0. The number of allylic oxidation sites excluding steroid dienone is 1. The van der Waals surface area contributed by atoms with Crippen LogP contribution in [0, 0.1) is 24.7 Å². The minimum atomic E-state index is -0.0789. The molecule has 1 aromatic rings. The highest BCUT2D eigenvalue weighted by Gasteiger charge is 2.30. The van der Waals surface area contributed by atoms with E-state index in [0.29, 0.717) is 0 Å². The van der Waals surface area contributed by atoms with Gasteiger partial charge in [-0.3, -0.25) is 0 Å². The van der Waals surface area contributed by atoms with Gasteiger partial charge in [-0.15, -0.1) is 0 Å². The molecule has 1 saturated heterocycles. The zero-order valence-electron chi connectivity index (χ0n) is 16.2. The molecule has 1 heterocycles. The largest absolute Gasteiger partial charge is 0.347 e. The minimum Gasteiger partial charge on any atom is -0.347 e. The Kier molecular flexibility index (Phi) is 6.12. The molecule has 0 atom stereocenters. The van der Waals surface area contributed by atoms with Crippen molar-refractivity contribution in [2.45, 2.75) is 70.5 Å². The molecule has 26 heavy (non-hydrogen) atoms. The monoisotopic (exact) mass is 354 g/mol. The van der Waals surface area contributed by atoms with Gasteiger partial charge in [-0.05, 0) is 93.6 Å². The summed E-state index contributed by atoms with van der Waals surface area (Å²) in [6, 6.07) is 9.26. The van der Waals surface area contributed by atoms with E-state index < -0.39 is 0 Å². The van der Waals surface area contributed by atoms with Crippen LogP contribution in [0.25, 0.3) is 0 Å². The predicted octanol–water partition coefficient (Wildman–Crippen LogP) is 6.00. The van der Waals surface area contributed by atoms with Crippen LogP contribution >= 0.6 is 0 Å². The fourth-order valence-corrected chi connectivity index (χ4v) is 5.31. The van der Waals surface area contributed by atoms with Crippen molar-refractivity contribution < 1.29 is 9.47 Å².